The Bertz CT molecular complexity index is 221. The van der Waals surface area contributed by atoms with Crippen LogP contribution in [0.15, 0.2) is 0 Å². The Balaban J connectivity index is 1.86. The van der Waals surface area contributed by atoms with Gasteiger partial charge in [0.15, 0.2) is 0 Å². The average molecular weight is 169 g/mol. The minimum Gasteiger partial charge on any atom is -0.388 e. The molecule has 1 heterocycles. The normalized spacial score (nSPS) is 46.5. The Hall–Kier alpha value is -0.120. The summed E-state index contributed by atoms with van der Waals surface area (Å²) in [4.78, 5) is 0. The third kappa shape index (κ3) is 0.817. The van der Waals surface area contributed by atoms with E-state index < -0.39 is 6.10 Å². The zero-order valence-electron chi connectivity index (χ0n) is 7.12. The fraction of sp³-hybridized carbons (Fsp3) is 1.00. The molecule has 3 nitrogen and oxygen atoms in total. The van der Waals surface area contributed by atoms with Crippen LogP contribution in [0.2, 0.25) is 0 Å². The smallest absolute Gasteiger partial charge is 0.0981 e. The summed E-state index contributed by atoms with van der Waals surface area (Å²) in [5.41, 5.74) is 5.76. The molecule has 3 aliphatic rings. The van der Waals surface area contributed by atoms with E-state index in [1.165, 1.54) is 0 Å². The van der Waals surface area contributed by atoms with Gasteiger partial charge >= 0.3 is 0 Å². The van der Waals surface area contributed by atoms with Crippen molar-refractivity contribution in [1.29, 1.82) is 0 Å². The van der Waals surface area contributed by atoms with Gasteiger partial charge in [-0.25, -0.2) is 0 Å². The summed E-state index contributed by atoms with van der Waals surface area (Å²) in [6.45, 7) is 0. The molecule has 68 valence electrons. The average Bonchev–Trinajstić information content (AvgIpc) is 2.89. The molecule has 3 heteroatoms. The van der Waals surface area contributed by atoms with E-state index in [0.29, 0.717) is 0 Å². The van der Waals surface area contributed by atoms with Crippen molar-refractivity contribution in [1.82, 2.24) is 0 Å². The molecule has 0 aromatic rings. The first-order valence-corrected chi connectivity index (χ1v) is 4.80. The topological polar surface area (TPSA) is 55.5 Å². The molecule has 0 radical (unpaired) electrons. The van der Waals surface area contributed by atoms with E-state index in [0.717, 1.165) is 32.1 Å². The number of nitrogens with two attached hydrogens (primary N) is 1. The molecule has 0 aromatic heterocycles. The van der Waals surface area contributed by atoms with Crippen LogP contribution in [0.25, 0.3) is 0 Å². The molecule has 3 rings (SSSR count). The lowest BCUT2D eigenvalue weighted by atomic mass is 9.93. The van der Waals surface area contributed by atoms with Crippen LogP contribution in [0.5, 0.6) is 0 Å². The van der Waals surface area contributed by atoms with Crippen LogP contribution >= 0.6 is 0 Å². The summed E-state index contributed by atoms with van der Waals surface area (Å²) in [6, 6.07) is -0.0521. The Kier molecular flexibility index (Phi) is 1.13. The van der Waals surface area contributed by atoms with E-state index in [1.807, 2.05) is 0 Å². The van der Waals surface area contributed by atoms with Gasteiger partial charge in [0.05, 0.1) is 17.3 Å². The van der Waals surface area contributed by atoms with E-state index in [2.05, 4.69) is 0 Å². The van der Waals surface area contributed by atoms with Crippen LogP contribution in [-0.4, -0.2) is 28.5 Å². The highest BCUT2D eigenvalue weighted by Crippen LogP contribution is 2.58. The highest BCUT2D eigenvalue weighted by molar-refractivity contribution is 5.15. The summed E-state index contributed by atoms with van der Waals surface area (Å²) in [5.74, 6) is 0. The molecule has 2 aliphatic carbocycles. The molecule has 0 bridgehead atoms. The van der Waals surface area contributed by atoms with Gasteiger partial charge in [0.2, 0.25) is 0 Å². The Morgan fingerprint density at radius 1 is 1.25 bits per heavy atom. The standard InChI is InChI=1S/C9H15NO2/c10-6-5-8(1-2-8)12-9(3-4-9)7(6)11/h6-7,11H,1-5,10H2/t6-,7+/m0/s1. The molecule has 12 heavy (non-hydrogen) atoms. The number of aliphatic hydroxyl groups excluding tert-OH is 1. The van der Waals surface area contributed by atoms with Crippen LogP contribution in [0.1, 0.15) is 32.1 Å². The first-order valence-electron chi connectivity index (χ1n) is 4.80. The van der Waals surface area contributed by atoms with Crippen molar-refractivity contribution in [3.8, 4) is 0 Å². The summed E-state index contributed by atoms with van der Waals surface area (Å²) < 4.78 is 5.94. The molecule has 2 spiro atoms. The number of hydrogen-bond donors (Lipinski definition) is 2. The fourth-order valence-electron chi connectivity index (χ4n) is 2.43. The van der Waals surface area contributed by atoms with Crippen molar-refractivity contribution in [2.45, 2.75) is 55.5 Å². The largest absolute Gasteiger partial charge is 0.388 e. The third-order valence-corrected chi connectivity index (χ3v) is 3.52. The Labute approximate surface area is 71.9 Å². The SMILES string of the molecule is N[C@H]1CC2(CC2)OC2(CC2)[C@@H]1O. The van der Waals surface area contributed by atoms with Crippen molar-refractivity contribution in [2.75, 3.05) is 0 Å². The monoisotopic (exact) mass is 169 g/mol. The molecule has 1 aliphatic heterocycles. The lowest BCUT2D eigenvalue weighted by Gasteiger charge is -2.39. The van der Waals surface area contributed by atoms with Gasteiger partial charge < -0.3 is 15.6 Å². The maximum atomic E-state index is 9.78. The van der Waals surface area contributed by atoms with E-state index in [4.69, 9.17) is 10.5 Å². The highest BCUT2D eigenvalue weighted by atomic mass is 16.6. The molecular formula is C9H15NO2. The fourth-order valence-corrected chi connectivity index (χ4v) is 2.43. The Morgan fingerprint density at radius 3 is 2.42 bits per heavy atom. The Morgan fingerprint density at radius 2 is 1.92 bits per heavy atom. The number of ether oxygens (including phenoxy) is 1. The molecule has 1 saturated heterocycles. The van der Waals surface area contributed by atoms with Crippen LogP contribution in [0.4, 0.5) is 0 Å². The van der Waals surface area contributed by atoms with E-state index in [-0.39, 0.29) is 17.2 Å². The first-order chi connectivity index (χ1) is 5.66. The summed E-state index contributed by atoms with van der Waals surface area (Å²) in [7, 11) is 0. The third-order valence-electron chi connectivity index (χ3n) is 3.52. The molecule has 0 unspecified atom stereocenters. The van der Waals surface area contributed by atoms with E-state index in [1.54, 1.807) is 0 Å². The molecule has 2 saturated carbocycles. The number of rotatable bonds is 0. The zero-order chi connectivity index (χ0) is 8.40. The second kappa shape index (κ2) is 1.86. The van der Waals surface area contributed by atoms with E-state index >= 15 is 0 Å². The molecule has 3 N–H and O–H groups in total. The van der Waals surface area contributed by atoms with Crippen molar-refractivity contribution < 1.29 is 9.84 Å². The van der Waals surface area contributed by atoms with Gasteiger partial charge in [0, 0.05) is 6.04 Å². The molecular weight excluding hydrogens is 154 g/mol. The minimum absolute atomic E-state index is 0.0521. The lowest BCUT2D eigenvalue weighted by Crippen LogP contribution is -2.54. The van der Waals surface area contributed by atoms with Crippen molar-refractivity contribution in [2.24, 2.45) is 5.73 Å². The lowest BCUT2D eigenvalue weighted by molar-refractivity contribution is -0.155. The van der Waals surface area contributed by atoms with Gasteiger partial charge in [-0.05, 0) is 32.1 Å². The minimum atomic E-state index is -0.413. The summed E-state index contributed by atoms with van der Waals surface area (Å²) >= 11 is 0. The second-order valence-corrected chi connectivity index (χ2v) is 4.66. The van der Waals surface area contributed by atoms with Crippen LogP contribution in [-0.2, 0) is 4.74 Å². The highest BCUT2D eigenvalue weighted by Gasteiger charge is 2.64. The zero-order valence-corrected chi connectivity index (χ0v) is 7.12. The second-order valence-electron chi connectivity index (χ2n) is 4.66. The number of aliphatic hydroxyl groups is 1. The quantitative estimate of drug-likeness (QED) is 0.543. The van der Waals surface area contributed by atoms with Gasteiger partial charge in [0.25, 0.3) is 0 Å². The van der Waals surface area contributed by atoms with Crippen LogP contribution in [0, 0.1) is 0 Å². The summed E-state index contributed by atoms with van der Waals surface area (Å²) in [6.07, 6.45) is 4.75. The number of hydrogen-bond acceptors (Lipinski definition) is 3. The van der Waals surface area contributed by atoms with Crippen molar-refractivity contribution in [3.05, 3.63) is 0 Å². The predicted molar refractivity (Wildman–Crippen MR) is 43.6 cm³/mol. The molecule has 2 atom stereocenters. The molecule has 3 fully saturated rings. The maximum Gasteiger partial charge on any atom is 0.0981 e. The first kappa shape index (κ1) is 7.30. The van der Waals surface area contributed by atoms with Gasteiger partial charge in [0.1, 0.15) is 0 Å². The van der Waals surface area contributed by atoms with Gasteiger partial charge in [-0.2, -0.15) is 0 Å². The summed E-state index contributed by atoms with van der Waals surface area (Å²) in [5, 5.41) is 9.78. The van der Waals surface area contributed by atoms with Gasteiger partial charge in [-0.1, -0.05) is 0 Å². The molecule has 0 aromatic carbocycles. The van der Waals surface area contributed by atoms with Crippen LogP contribution in [0.3, 0.4) is 0 Å². The van der Waals surface area contributed by atoms with Crippen LogP contribution < -0.4 is 5.73 Å². The molecule has 0 amide bonds. The van der Waals surface area contributed by atoms with Gasteiger partial charge in [-0.15, -0.1) is 0 Å². The van der Waals surface area contributed by atoms with Gasteiger partial charge in [-0.3, -0.25) is 0 Å². The van der Waals surface area contributed by atoms with E-state index in [9.17, 15) is 5.11 Å². The predicted octanol–water partition coefficient (Wildman–Crippen LogP) is 0.160. The van der Waals surface area contributed by atoms with Crippen molar-refractivity contribution >= 4 is 0 Å². The maximum absolute atomic E-state index is 9.78. The van der Waals surface area contributed by atoms with Crippen molar-refractivity contribution in [3.63, 3.8) is 0 Å².